The fourth-order valence-electron chi connectivity index (χ4n) is 5.10. The van der Waals surface area contributed by atoms with E-state index >= 15 is 8.78 Å². The zero-order valence-electron chi connectivity index (χ0n) is 24.9. The van der Waals surface area contributed by atoms with Gasteiger partial charge in [0, 0.05) is 44.7 Å². The Labute approximate surface area is 267 Å². The minimum Gasteiger partial charge on any atom is -0.454 e. The Hall–Kier alpha value is -4.69. The molecule has 230 valence electrons. The van der Waals surface area contributed by atoms with Crippen molar-refractivity contribution in [3.63, 3.8) is 0 Å². The molecular formula is C33H30BrF2N7O2. The summed E-state index contributed by atoms with van der Waals surface area (Å²) in [4.78, 5) is 10.5. The Morgan fingerprint density at radius 2 is 1.93 bits per heavy atom. The lowest BCUT2D eigenvalue weighted by atomic mass is 9.78. The number of H-pyrrole nitrogens is 2. The van der Waals surface area contributed by atoms with Gasteiger partial charge in [-0.15, -0.1) is 6.42 Å². The highest BCUT2D eigenvalue weighted by Gasteiger charge is 2.34. The summed E-state index contributed by atoms with van der Waals surface area (Å²) in [5.74, 6) is 2.06. The number of nitrogens with one attached hydrogen (secondary N) is 2. The van der Waals surface area contributed by atoms with Crippen LogP contribution < -0.4 is 4.74 Å². The molecule has 9 nitrogen and oxygen atoms in total. The molecular weight excluding hydrogens is 644 g/mol. The van der Waals surface area contributed by atoms with Crippen molar-refractivity contribution in [1.29, 1.82) is 0 Å². The van der Waals surface area contributed by atoms with Crippen LogP contribution in [0.4, 0.5) is 8.78 Å². The molecule has 5 aromatic rings. The molecule has 0 aliphatic carbocycles. The third kappa shape index (κ3) is 6.86. The first-order valence-electron chi connectivity index (χ1n) is 14.1. The van der Waals surface area contributed by atoms with E-state index in [2.05, 4.69) is 47.1 Å². The number of azide groups is 1. The minimum absolute atomic E-state index is 0.0849. The molecule has 2 heterocycles. The van der Waals surface area contributed by atoms with Gasteiger partial charge in [-0.1, -0.05) is 39.1 Å². The molecule has 0 amide bonds. The molecule has 0 radical (unpaired) electrons. The molecule has 0 saturated carbocycles. The van der Waals surface area contributed by atoms with Gasteiger partial charge in [0.2, 0.25) is 0 Å². The van der Waals surface area contributed by atoms with Crippen molar-refractivity contribution < 1.29 is 18.3 Å². The average molecular weight is 675 g/mol. The summed E-state index contributed by atoms with van der Waals surface area (Å²) in [6, 6.07) is 14.9. The number of hydrogen-bond donors (Lipinski definition) is 2. The van der Waals surface area contributed by atoms with E-state index in [1.165, 1.54) is 24.3 Å². The van der Waals surface area contributed by atoms with E-state index < -0.39 is 22.7 Å². The van der Waals surface area contributed by atoms with Gasteiger partial charge in [-0.25, -0.2) is 13.8 Å². The summed E-state index contributed by atoms with van der Waals surface area (Å²) in [7, 11) is 0. The number of hydrogen-bond acceptors (Lipinski definition) is 5. The van der Waals surface area contributed by atoms with E-state index in [1.54, 1.807) is 12.3 Å². The number of terminal acetylenes is 1. The molecule has 0 bridgehead atoms. The fourth-order valence-corrected chi connectivity index (χ4v) is 5.50. The van der Waals surface area contributed by atoms with Crippen LogP contribution in [-0.2, 0) is 16.7 Å². The van der Waals surface area contributed by atoms with E-state index in [9.17, 15) is 0 Å². The summed E-state index contributed by atoms with van der Waals surface area (Å²) in [6.07, 6.45) is 8.49. The van der Waals surface area contributed by atoms with Crippen LogP contribution in [0, 0.1) is 24.0 Å². The second kappa shape index (κ2) is 13.1. The van der Waals surface area contributed by atoms with Crippen molar-refractivity contribution in [2.75, 3.05) is 6.61 Å². The van der Waals surface area contributed by atoms with Crippen LogP contribution in [0.5, 0.6) is 11.5 Å². The lowest BCUT2D eigenvalue weighted by molar-refractivity contribution is 0.0233. The highest BCUT2D eigenvalue weighted by molar-refractivity contribution is 9.10. The molecule has 0 saturated heterocycles. The molecule has 0 spiro atoms. The Kier molecular flexibility index (Phi) is 9.25. The summed E-state index contributed by atoms with van der Waals surface area (Å²) >= 11 is 3.55. The number of ether oxygens (including phenoxy) is 2. The maximum absolute atomic E-state index is 15.2. The number of rotatable bonds is 12. The maximum Gasteiger partial charge on any atom is 0.168 e. The third-order valence-corrected chi connectivity index (χ3v) is 8.14. The van der Waals surface area contributed by atoms with Crippen molar-refractivity contribution in [2.45, 2.75) is 51.2 Å². The van der Waals surface area contributed by atoms with Crippen LogP contribution in [0.2, 0.25) is 0 Å². The van der Waals surface area contributed by atoms with E-state index in [0.29, 0.717) is 41.7 Å². The Morgan fingerprint density at radius 3 is 2.69 bits per heavy atom. The first-order chi connectivity index (χ1) is 21.5. The standard InChI is InChI=1S/C33H30BrF2N7O2/c1-5-32(2,3)44-15-7-13-33(4,20-8-6-9-21(34)16-20)31-40-30(41-42-31)24-17-22(10-11-26(24)35)45-29-25(19-39-43-37)23-12-14-38-28(23)18-27(29)36/h1,6,8-12,14,16-18,38H,7,13,15,19H2,2-4H3,(H,40,41,42). The van der Waals surface area contributed by atoms with E-state index in [0.717, 1.165) is 10.0 Å². The van der Waals surface area contributed by atoms with Crippen LogP contribution in [0.25, 0.3) is 32.7 Å². The zero-order chi connectivity index (χ0) is 32.2. The van der Waals surface area contributed by atoms with Gasteiger partial charge in [-0.3, -0.25) is 5.10 Å². The van der Waals surface area contributed by atoms with Gasteiger partial charge in [0.1, 0.15) is 17.2 Å². The number of fused-ring (bicyclic) bond motifs is 1. The van der Waals surface area contributed by atoms with Crippen LogP contribution in [0.1, 0.15) is 50.6 Å². The molecule has 0 fully saturated rings. The van der Waals surface area contributed by atoms with Crippen molar-refractivity contribution in [1.82, 2.24) is 20.2 Å². The molecule has 0 aliphatic heterocycles. The number of aromatic amines is 2. The molecule has 45 heavy (non-hydrogen) atoms. The predicted octanol–water partition coefficient (Wildman–Crippen LogP) is 9.11. The monoisotopic (exact) mass is 673 g/mol. The quantitative estimate of drug-likeness (QED) is 0.0450. The number of aromatic nitrogens is 4. The molecule has 12 heteroatoms. The van der Waals surface area contributed by atoms with Crippen molar-refractivity contribution >= 4 is 26.8 Å². The maximum atomic E-state index is 15.2. The van der Waals surface area contributed by atoms with Crippen LogP contribution in [0.3, 0.4) is 0 Å². The summed E-state index contributed by atoms with van der Waals surface area (Å²) < 4.78 is 43.2. The lowest BCUT2D eigenvalue weighted by Crippen LogP contribution is -2.27. The molecule has 2 aromatic heterocycles. The SMILES string of the molecule is C#CC(C)(C)OCCCC(C)(c1cccc(Br)c1)c1n[nH]c(-c2cc(Oc3c(F)cc4[nH]ccc4c3CN=[N+]=[N-])ccc2F)n1. The fraction of sp³-hybridized carbons (Fsp3) is 0.273. The van der Waals surface area contributed by atoms with Crippen molar-refractivity contribution in [3.05, 3.63) is 104 Å². The zero-order valence-corrected chi connectivity index (χ0v) is 26.5. The highest BCUT2D eigenvalue weighted by Crippen LogP contribution is 2.39. The summed E-state index contributed by atoms with van der Waals surface area (Å²) in [5, 5.41) is 11.6. The van der Waals surface area contributed by atoms with Gasteiger partial charge in [-0.2, -0.15) is 5.10 Å². The average Bonchev–Trinajstić information content (AvgIpc) is 3.70. The first kappa shape index (κ1) is 31.7. The predicted molar refractivity (Wildman–Crippen MR) is 172 cm³/mol. The Bertz CT molecular complexity index is 1940. The van der Waals surface area contributed by atoms with Crippen molar-refractivity contribution in [3.8, 4) is 35.2 Å². The van der Waals surface area contributed by atoms with Gasteiger partial charge in [-0.05, 0) is 81.1 Å². The number of benzene rings is 3. The van der Waals surface area contributed by atoms with Crippen LogP contribution in [0.15, 0.2) is 70.4 Å². The topological polar surface area (TPSA) is 125 Å². The van der Waals surface area contributed by atoms with Crippen LogP contribution in [-0.4, -0.2) is 32.4 Å². The normalized spacial score (nSPS) is 12.8. The first-order valence-corrected chi connectivity index (χ1v) is 14.9. The second-order valence-electron chi connectivity index (χ2n) is 11.2. The van der Waals surface area contributed by atoms with Gasteiger partial charge in [0.15, 0.2) is 23.2 Å². The highest BCUT2D eigenvalue weighted by atomic mass is 79.9. The molecule has 3 aromatic carbocycles. The van der Waals surface area contributed by atoms with E-state index in [1.807, 2.05) is 45.0 Å². The summed E-state index contributed by atoms with van der Waals surface area (Å²) in [5.41, 5.74) is 9.45. The molecule has 2 N–H and O–H groups in total. The van der Waals surface area contributed by atoms with Gasteiger partial charge >= 0.3 is 0 Å². The molecule has 0 aliphatic rings. The number of nitrogens with zero attached hydrogens (tertiary/aromatic N) is 5. The van der Waals surface area contributed by atoms with Crippen molar-refractivity contribution in [2.24, 2.45) is 5.11 Å². The van der Waals surface area contributed by atoms with Gasteiger partial charge in [0.05, 0.1) is 17.5 Å². The van der Waals surface area contributed by atoms with E-state index in [-0.39, 0.29) is 29.4 Å². The Balaban J connectivity index is 1.48. The third-order valence-electron chi connectivity index (χ3n) is 7.64. The number of halogens is 3. The second-order valence-corrected chi connectivity index (χ2v) is 12.1. The van der Waals surface area contributed by atoms with E-state index in [4.69, 9.17) is 26.4 Å². The molecule has 1 unspecified atom stereocenters. The summed E-state index contributed by atoms with van der Waals surface area (Å²) in [6.45, 7) is 5.98. The largest absolute Gasteiger partial charge is 0.454 e. The van der Waals surface area contributed by atoms with Crippen LogP contribution >= 0.6 is 15.9 Å². The van der Waals surface area contributed by atoms with Gasteiger partial charge < -0.3 is 14.5 Å². The molecule has 5 rings (SSSR count). The lowest BCUT2D eigenvalue weighted by Gasteiger charge is -2.28. The smallest absolute Gasteiger partial charge is 0.168 e. The molecule has 1 atom stereocenters. The minimum atomic E-state index is -0.686. The van der Waals surface area contributed by atoms with Gasteiger partial charge in [0.25, 0.3) is 0 Å². The Morgan fingerprint density at radius 1 is 1.11 bits per heavy atom.